The zero-order chi connectivity index (χ0) is 22.9. The van der Waals surface area contributed by atoms with Gasteiger partial charge >= 0.3 is 0 Å². The van der Waals surface area contributed by atoms with Crippen LogP contribution in [-0.2, 0) is 14.8 Å². The lowest BCUT2D eigenvalue weighted by Gasteiger charge is -2.32. The first kappa shape index (κ1) is 22.9. The van der Waals surface area contributed by atoms with Gasteiger partial charge in [-0.05, 0) is 62.1 Å². The largest absolute Gasteiger partial charge is 0.349 e. The molecule has 0 radical (unpaired) electrons. The Bertz CT molecular complexity index is 1130. The molecule has 1 N–H and O–H groups in total. The van der Waals surface area contributed by atoms with Crippen LogP contribution >= 0.6 is 11.8 Å². The summed E-state index contributed by atoms with van der Waals surface area (Å²) in [6.45, 7) is 1.93. The monoisotopic (exact) mass is 476 g/mol. The molecule has 2 aromatic rings. The van der Waals surface area contributed by atoms with Crippen molar-refractivity contribution in [1.82, 2.24) is 9.62 Å². The molecule has 0 bridgehead atoms. The zero-order valence-corrected chi connectivity index (χ0v) is 19.3. The van der Waals surface area contributed by atoms with E-state index in [1.165, 1.54) is 47.6 Å². The van der Waals surface area contributed by atoms with Gasteiger partial charge in [0.15, 0.2) is 5.78 Å². The van der Waals surface area contributed by atoms with Gasteiger partial charge in [0.05, 0.1) is 10.9 Å². The SMILES string of the molecule is CC(=O)c1ccc(S(=O)(=O)N2CCC(C(=O)N[C@H]3CCSc4ccc(F)cc43)CC2)cc1. The predicted octanol–water partition coefficient (Wildman–Crippen LogP) is 3.78. The quantitative estimate of drug-likeness (QED) is 0.664. The van der Waals surface area contributed by atoms with Crippen LogP contribution in [0.5, 0.6) is 0 Å². The molecule has 2 heterocycles. The van der Waals surface area contributed by atoms with Gasteiger partial charge in [-0.3, -0.25) is 9.59 Å². The summed E-state index contributed by atoms with van der Waals surface area (Å²) >= 11 is 1.66. The standard InChI is InChI=1S/C23H25FN2O4S2/c1-15(27)16-2-5-19(6-3-16)32(29,30)26-11-8-17(9-12-26)23(28)25-21-10-13-31-22-7-4-18(24)14-20(21)22/h2-7,14,17,21H,8-13H2,1H3,(H,25,28)/t21-/m0/s1. The van der Waals surface area contributed by atoms with Crippen LogP contribution in [0, 0.1) is 11.7 Å². The Kier molecular flexibility index (Phi) is 6.69. The second kappa shape index (κ2) is 9.33. The molecule has 1 atom stereocenters. The summed E-state index contributed by atoms with van der Waals surface area (Å²) in [6, 6.07) is 10.4. The van der Waals surface area contributed by atoms with Crippen LogP contribution in [0.2, 0.25) is 0 Å². The Balaban J connectivity index is 1.38. The number of fused-ring (bicyclic) bond motifs is 1. The Morgan fingerprint density at radius 1 is 1.06 bits per heavy atom. The molecular weight excluding hydrogens is 451 g/mol. The molecule has 0 aromatic heterocycles. The topological polar surface area (TPSA) is 83.6 Å². The number of amides is 1. The molecule has 1 amide bonds. The number of ketones is 1. The van der Waals surface area contributed by atoms with Crippen LogP contribution in [0.4, 0.5) is 4.39 Å². The van der Waals surface area contributed by atoms with Crippen molar-refractivity contribution in [2.24, 2.45) is 5.92 Å². The normalized spacial score (nSPS) is 19.9. The Morgan fingerprint density at radius 2 is 1.75 bits per heavy atom. The first-order valence-electron chi connectivity index (χ1n) is 10.6. The maximum atomic E-state index is 13.7. The minimum absolute atomic E-state index is 0.111. The Labute approximate surface area is 191 Å². The molecule has 2 aromatic carbocycles. The minimum Gasteiger partial charge on any atom is -0.349 e. The number of carbonyl (C=O) groups is 2. The molecule has 0 aliphatic carbocycles. The first-order chi connectivity index (χ1) is 15.3. The number of nitrogens with one attached hydrogen (secondary N) is 1. The number of sulfonamides is 1. The Morgan fingerprint density at radius 3 is 2.41 bits per heavy atom. The molecule has 4 rings (SSSR count). The molecule has 6 nitrogen and oxygen atoms in total. The van der Waals surface area contributed by atoms with Gasteiger partial charge in [-0.25, -0.2) is 12.8 Å². The number of rotatable bonds is 5. The van der Waals surface area contributed by atoms with E-state index in [0.717, 1.165) is 22.6 Å². The average Bonchev–Trinajstić information content (AvgIpc) is 2.79. The molecule has 32 heavy (non-hydrogen) atoms. The maximum absolute atomic E-state index is 13.7. The number of Topliss-reactive ketones (excluding diaryl/α,β-unsaturated/α-hetero) is 1. The molecule has 2 aliphatic rings. The van der Waals surface area contributed by atoms with Gasteiger partial charge in [0, 0.05) is 35.2 Å². The lowest BCUT2D eigenvalue weighted by molar-refractivity contribution is -0.127. The number of thioether (sulfide) groups is 1. The van der Waals surface area contributed by atoms with Crippen molar-refractivity contribution in [2.75, 3.05) is 18.8 Å². The molecule has 0 unspecified atom stereocenters. The van der Waals surface area contributed by atoms with Crippen molar-refractivity contribution in [3.63, 3.8) is 0 Å². The fourth-order valence-electron chi connectivity index (χ4n) is 4.17. The molecule has 1 fully saturated rings. The molecule has 0 spiro atoms. The lowest BCUT2D eigenvalue weighted by Crippen LogP contribution is -2.44. The summed E-state index contributed by atoms with van der Waals surface area (Å²) < 4.78 is 41.0. The summed E-state index contributed by atoms with van der Waals surface area (Å²) in [6.07, 6.45) is 1.58. The van der Waals surface area contributed by atoms with E-state index in [9.17, 15) is 22.4 Å². The van der Waals surface area contributed by atoms with E-state index in [1.807, 2.05) is 0 Å². The number of nitrogens with zero attached hydrogens (tertiary/aromatic N) is 1. The number of piperidine rings is 1. The third-order valence-electron chi connectivity index (χ3n) is 6.05. The lowest BCUT2D eigenvalue weighted by atomic mass is 9.95. The van der Waals surface area contributed by atoms with Gasteiger partial charge in [-0.1, -0.05) is 12.1 Å². The summed E-state index contributed by atoms with van der Waals surface area (Å²) in [7, 11) is -3.68. The second-order valence-corrected chi connectivity index (χ2v) is 11.2. The van der Waals surface area contributed by atoms with Crippen molar-refractivity contribution in [3.8, 4) is 0 Å². The third-order valence-corrected chi connectivity index (χ3v) is 9.09. The van der Waals surface area contributed by atoms with Crippen LogP contribution in [0.15, 0.2) is 52.3 Å². The van der Waals surface area contributed by atoms with Gasteiger partial charge < -0.3 is 5.32 Å². The summed E-state index contributed by atoms with van der Waals surface area (Å²) in [5.41, 5.74) is 1.27. The van der Waals surface area contributed by atoms with Gasteiger partial charge in [0.1, 0.15) is 5.82 Å². The van der Waals surface area contributed by atoms with E-state index < -0.39 is 10.0 Å². The van der Waals surface area contributed by atoms with Crippen molar-refractivity contribution in [1.29, 1.82) is 0 Å². The van der Waals surface area contributed by atoms with E-state index in [2.05, 4.69) is 5.32 Å². The molecule has 1 saturated heterocycles. The van der Waals surface area contributed by atoms with E-state index in [4.69, 9.17) is 0 Å². The number of hydrogen-bond acceptors (Lipinski definition) is 5. The van der Waals surface area contributed by atoms with E-state index in [-0.39, 0.29) is 47.5 Å². The molecule has 2 aliphatic heterocycles. The van der Waals surface area contributed by atoms with Gasteiger partial charge in [0.2, 0.25) is 15.9 Å². The fraction of sp³-hybridized carbons (Fsp3) is 0.391. The number of carbonyl (C=O) groups excluding carboxylic acids is 2. The summed E-state index contributed by atoms with van der Waals surface area (Å²) in [5, 5.41) is 3.06. The summed E-state index contributed by atoms with van der Waals surface area (Å²) in [5.74, 6) is 0.0130. The highest BCUT2D eigenvalue weighted by atomic mass is 32.2. The highest BCUT2D eigenvalue weighted by Crippen LogP contribution is 2.37. The fourth-order valence-corrected chi connectivity index (χ4v) is 6.75. The number of benzene rings is 2. The van der Waals surface area contributed by atoms with Crippen LogP contribution in [0.3, 0.4) is 0 Å². The van der Waals surface area contributed by atoms with Crippen molar-refractivity contribution >= 4 is 33.5 Å². The second-order valence-electron chi connectivity index (χ2n) is 8.14. The van der Waals surface area contributed by atoms with Crippen LogP contribution < -0.4 is 5.32 Å². The molecule has 0 saturated carbocycles. The van der Waals surface area contributed by atoms with Crippen LogP contribution in [0.1, 0.15) is 48.1 Å². The maximum Gasteiger partial charge on any atom is 0.243 e. The van der Waals surface area contributed by atoms with Crippen LogP contribution in [0.25, 0.3) is 0 Å². The number of hydrogen-bond donors (Lipinski definition) is 1. The summed E-state index contributed by atoms with van der Waals surface area (Å²) in [4.78, 5) is 25.4. The van der Waals surface area contributed by atoms with Gasteiger partial charge in [-0.2, -0.15) is 4.31 Å². The van der Waals surface area contributed by atoms with Crippen molar-refractivity contribution in [2.45, 2.75) is 42.0 Å². The van der Waals surface area contributed by atoms with Crippen LogP contribution in [-0.4, -0.2) is 43.3 Å². The third kappa shape index (κ3) is 4.74. The highest BCUT2D eigenvalue weighted by Gasteiger charge is 2.33. The average molecular weight is 477 g/mol. The number of halogens is 1. The molecule has 170 valence electrons. The molecule has 9 heteroatoms. The smallest absolute Gasteiger partial charge is 0.243 e. The van der Waals surface area contributed by atoms with Crippen molar-refractivity contribution < 1.29 is 22.4 Å². The molecular formula is C23H25FN2O4S2. The first-order valence-corrected chi connectivity index (χ1v) is 13.0. The van der Waals surface area contributed by atoms with E-state index >= 15 is 0 Å². The van der Waals surface area contributed by atoms with Gasteiger partial charge in [0.25, 0.3) is 0 Å². The highest BCUT2D eigenvalue weighted by molar-refractivity contribution is 7.99. The van der Waals surface area contributed by atoms with E-state index in [0.29, 0.717) is 18.4 Å². The Hall–Kier alpha value is -2.23. The minimum atomic E-state index is -3.68. The predicted molar refractivity (Wildman–Crippen MR) is 121 cm³/mol. The zero-order valence-electron chi connectivity index (χ0n) is 17.7. The van der Waals surface area contributed by atoms with Gasteiger partial charge in [-0.15, -0.1) is 11.8 Å². The van der Waals surface area contributed by atoms with E-state index in [1.54, 1.807) is 17.8 Å². The van der Waals surface area contributed by atoms with Crippen molar-refractivity contribution in [3.05, 3.63) is 59.4 Å².